The minimum absolute atomic E-state index is 0.207. The molecule has 116 valence electrons. The van der Waals surface area contributed by atoms with E-state index in [0.717, 1.165) is 24.3 Å². The zero-order chi connectivity index (χ0) is 16.4. The largest absolute Gasteiger partial charge is 0.461 e. The van der Waals surface area contributed by atoms with E-state index in [-0.39, 0.29) is 5.75 Å². The van der Waals surface area contributed by atoms with Gasteiger partial charge in [-0.15, -0.1) is 0 Å². The Morgan fingerprint density at radius 3 is 1.77 bits per heavy atom. The molecule has 7 heteroatoms. The number of hydrogen-bond donors (Lipinski definition) is 0. The molecular formula is C15H9F5O2. The summed E-state index contributed by atoms with van der Waals surface area (Å²) in [7, 11) is 0. The van der Waals surface area contributed by atoms with Crippen LogP contribution in [0.1, 0.15) is 10.4 Å². The molecule has 0 saturated heterocycles. The number of hydrogen-bond acceptors (Lipinski definition) is 2. The summed E-state index contributed by atoms with van der Waals surface area (Å²) in [4.78, 5) is 11.3. The summed E-state index contributed by atoms with van der Waals surface area (Å²) < 4.78 is 67.7. The Labute approximate surface area is 122 Å². The van der Waals surface area contributed by atoms with E-state index in [1.165, 1.54) is 0 Å². The second-order valence-electron chi connectivity index (χ2n) is 4.34. The third-order valence-corrected chi connectivity index (χ3v) is 2.74. The molecule has 22 heavy (non-hydrogen) atoms. The summed E-state index contributed by atoms with van der Waals surface area (Å²) in [5.74, 6) is -7.05. The van der Waals surface area contributed by atoms with Crippen molar-refractivity contribution in [1.29, 1.82) is 0 Å². The van der Waals surface area contributed by atoms with Crippen molar-refractivity contribution in [3.05, 3.63) is 60.2 Å². The molecule has 0 aliphatic heterocycles. The molecule has 0 aliphatic carbocycles. The summed E-state index contributed by atoms with van der Waals surface area (Å²) >= 11 is 0. The number of ketones is 1. The van der Waals surface area contributed by atoms with Crippen molar-refractivity contribution in [3.63, 3.8) is 0 Å². The summed E-state index contributed by atoms with van der Waals surface area (Å²) in [5, 5.41) is 0. The highest BCUT2D eigenvalue weighted by Crippen LogP contribution is 2.38. The molecule has 0 spiro atoms. The van der Waals surface area contributed by atoms with Gasteiger partial charge < -0.3 is 4.74 Å². The zero-order valence-corrected chi connectivity index (χ0v) is 10.9. The molecule has 0 amide bonds. The van der Waals surface area contributed by atoms with Crippen LogP contribution >= 0.6 is 0 Å². The Morgan fingerprint density at radius 1 is 0.773 bits per heavy atom. The van der Waals surface area contributed by atoms with Crippen molar-refractivity contribution >= 4 is 5.78 Å². The lowest BCUT2D eigenvalue weighted by atomic mass is 10.1. The topological polar surface area (TPSA) is 26.3 Å². The van der Waals surface area contributed by atoms with Gasteiger partial charge in [-0.05, 0) is 36.4 Å². The van der Waals surface area contributed by atoms with Crippen LogP contribution < -0.4 is 4.74 Å². The van der Waals surface area contributed by atoms with Gasteiger partial charge in [0.15, 0.2) is 0 Å². The monoisotopic (exact) mass is 316 g/mol. The van der Waals surface area contributed by atoms with Crippen LogP contribution in [0.4, 0.5) is 22.0 Å². The van der Waals surface area contributed by atoms with Crippen LogP contribution in [0.2, 0.25) is 0 Å². The Hall–Kier alpha value is -2.44. The zero-order valence-electron chi connectivity index (χ0n) is 10.9. The third kappa shape index (κ3) is 3.24. The van der Waals surface area contributed by atoms with Crippen molar-refractivity contribution < 1.29 is 31.5 Å². The number of carbonyl (C=O) groups is 1. The van der Waals surface area contributed by atoms with Crippen LogP contribution in [0, 0.1) is 0 Å². The fourth-order valence-corrected chi connectivity index (χ4v) is 1.61. The van der Waals surface area contributed by atoms with Crippen LogP contribution in [0.15, 0.2) is 54.6 Å². The Balaban J connectivity index is 2.17. The number of halogens is 5. The van der Waals surface area contributed by atoms with Crippen molar-refractivity contribution in [2.45, 2.75) is 12.1 Å². The second-order valence-corrected chi connectivity index (χ2v) is 4.34. The molecule has 2 rings (SSSR count). The fraction of sp³-hybridized carbons (Fsp3) is 0.133. The fourth-order valence-electron chi connectivity index (χ4n) is 1.61. The smallest absolute Gasteiger partial charge is 0.457 e. The molecule has 0 fully saturated rings. The van der Waals surface area contributed by atoms with Crippen LogP contribution in [0.5, 0.6) is 11.5 Å². The molecule has 0 heterocycles. The van der Waals surface area contributed by atoms with E-state index in [9.17, 15) is 26.7 Å². The normalized spacial score (nSPS) is 12.0. The number of carbonyl (C=O) groups excluding carboxylic acids is 1. The van der Waals surface area contributed by atoms with E-state index in [4.69, 9.17) is 4.74 Å². The van der Waals surface area contributed by atoms with E-state index < -0.39 is 23.4 Å². The van der Waals surface area contributed by atoms with E-state index in [0.29, 0.717) is 5.75 Å². The number of alkyl halides is 5. The maximum Gasteiger partial charge on any atom is 0.461 e. The minimum atomic E-state index is -5.93. The Bertz CT molecular complexity index is 648. The molecule has 0 aromatic heterocycles. The number of ether oxygens (including phenoxy) is 1. The quantitative estimate of drug-likeness (QED) is 0.595. The van der Waals surface area contributed by atoms with Gasteiger partial charge in [0.1, 0.15) is 11.5 Å². The maximum absolute atomic E-state index is 13.0. The van der Waals surface area contributed by atoms with Gasteiger partial charge in [-0.2, -0.15) is 22.0 Å². The molecule has 0 radical (unpaired) electrons. The van der Waals surface area contributed by atoms with Crippen LogP contribution in [0.25, 0.3) is 0 Å². The summed E-state index contributed by atoms with van der Waals surface area (Å²) in [6, 6.07) is 12.5. The molecule has 2 aromatic carbocycles. The van der Waals surface area contributed by atoms with Crippen LogP contribution in [-0.2, 0) is 0 Å². The van der Waals surface area contributed by atoms with E-state index >= 15 is 0 Å². The first kappa shape index (κ1) is 15.9. The molecule has 0 N–H and O–H groups in total. The predicted octanol–water partition coefficient (Wildman–Crippen LogP) is 4.86. The highest BCUT2D eigenvalue weighted by molar-refractivity contribution is 6.02. The maximum atomic E-state index is 13.0. The molecule has 0 bridgehead atoms. The molecule has 2 nitrogen and oxygen atoms in total. The van der Waals surface area contributed by atoms with Gasteiger partial charge in [-0.3, -0.25) is 4.79 Å². The lowest BCUT2D eigenvalue weighted by Crippen LogP contribution is -2.44. The second kappa shape index (κ2) is 5.75. The van der Waals surface area contributed by atoms with Crippen molar-refractivity contribution in [2.24, 2.45) is 0 Å². The third-order valence-electron chi connectivity index (χ3n) is 2.74. The van der Waals surface area contributed by atoms with Gasteiger partial charge in [-0.1, -0.05) is 18.2 Å². The van der Waals surface area contributed by atoms with E-state index in [1.807, 2.05) is 0 Å². The first-order chi connectivity index (χ1) is 10.2. The standard InChI is InChI=1S/C15H9F5O2/c16-14(17,15(18,19)20)13(21)10-6-8-12(9-7-10)22-11-4-2-1-3-5-11/h1-9H. The lowest BCUT2D eigenvalue weighted by Gasteiger charge is -2.18. The highest BCUT2D eigenvalue weighted by Gasteiger charge is 2.63. The SMILES string of the molecule is O=C(c1ccc(Oc2ccccc2)cc1)C(F)(F)C(F)(F)F. The number of para-hydroxylation sites is 1. The molecular weight excluding hydrogens is 307 g/mol. The Kier molecular flexibility index (Phi) is 4.16. The van der Waals surface area contributed by atoms with E-state index in [2.05, 4.69) is 0 Å². The summed E-state index contributed by atoms with van der Waals surface area (Å²) in [5.41, 5.74) is -0.747. The van der Waals surface area contributed by atoms with Crippen molar-refractivity contribution in [3.8, 4) is 11.5 Å². The van der Waals surface area contributed by atoms with Crippen molar-refractivity contribution in [2.75, 3.05) is 0 Å². The minimum Gasteiger partial charge on any atom is -0.457 e. The summed E-state index contributed by atoms with van der Waals surface area (Å²) in [6.45, 7) is 0. The van der Waals surface area contributed by atoms with Crippen molar-refractivity contribution in [1.82, 2.24) is 0 Å². The average molecular weight is 316 g/mol. The predicted molar refractivity (Wildman–Crippen MR) is 68.3 cm³/mol. The summed E-state index contributed by atoms with van der Waals surface area (Å²) in [6.07, 6.45) is -5.93. The molecule has 2 aromatic rings. The average Bonchev–Trinajstić information content (AvgIpc) is 2.47. The van der Waals surface area contributed by atoms with Crippen LogP contribution in [-0.4, -0.2) is 17.9 Å². The lowest BCUT2D eigenvalue weighted by molar-refractivity contribution is -0.255. The molecule has 0 atom stereocenters. The number of benzene rings is 2. The first-order valence-electron chi connectivity index (χ1n) is 6.04. The molecule has 0 unspecified atom stereocenters. The number of Topliss-reactive ketones (excluding diaryl/α,β-unsaturated/α-hetero) is 1. The molecule has 0 aliphatic rings. The van der Waals surface area contributed by atoms with Gasteiger partial charge in [0.2, 0.25) is 5.78 Å². The molecule has 0 saturated carbocycles. The van der Waals surface area contributed by atoms with Gasteiger partial charge in [0, 0.05) is 5.56 Å². The number of rotatable bonds is 4. The van der Waals surface area contributed by atoms with Crippen LogP contribution in [0.3, 0.4) is 0 Å². The first-order valence-corrected chi connectivity index (χ1v) is 6.04. The van der Waals surface area contributed by atoms with Gasteiger partial charge in [0.05, 0.1) is 0 Å². The van der Waals surface area contributed by atoms with Gasteiger partial charge >= 0.3 is 12.1 Å². The van der Waals surface area contributed by atoms with Gasteiger partial charge in [0.25, 0.3) is 0 Å². The highest BCUT2D eigenvalue weighted by atomic mass is 19.4. The van der Waals surface area contributed by atoms with E-state index in [1.54, 1.807) is 30.3 Å². The Morgan fingerprint density at radius 2 is 1.27 bits per heavy atom. The van der Waals surface area contributed by atoms with Gasteiger partial charge in [-0.25, -0.2) is 0 Å².